The maximum atomic E-state index is 11.7. The smallest absolute Gasteiger partial charge is 0.341 e. The van der Waals surface area contributed by atoms with E-state index in [-0.39, 0.29) is 5.97 Å². The van der Waals surface area contributed by atoms with Crippen LogP contribution in [0.25, 0.3) is 0 Å². The molecule has 1 heterocycles. The van der Waals surface area contributed by atoms with E-state index >= 15 is 0 Å². The molecule has 1 aromatic rings. The van der Waals surface area contributed by atoms with Gasteiger partial charge in [0.1, 0.15) is 5.56 Å². The van der Waals surface area contributed by atoms with E-state index in [0.29, 0.717) is 43.6 Å². The number of aryl methyl sites for hydroxylation is 1. The maximum absolute atomic E-state index is 11.7. The van der Waals surface area contributed by atoms with Gasteiger partial charge >= 0.3 is 5.97 Å². The largest absolute Gasteiger partial charge is 0.462 e. The fraction of sp³-hybridized carbons (Fsp3) is 0.714. The third-order valence-corrected chi connectivity index (χ3v) is 2.62. The lowest BCUT2D eigenvalue weighted by Crippen LogP contribution is -2.12. The lowest BCUT2D eigenvalue weighted by molar-refractivity contribution is 0.0287. The van der Waals surface area contributed by atoms with Gasteiger partial charge in [-0.2, -0.15) is 5.10 Å². The Labute approximate surface area is 120 Å². The number of rotatable bonds is 9. The highest BCUT2D eigenvalue weighted by molar-refractivity contribution is 5.90. The van der Waals surface area contributed by atoms with Crippen LogP contribution in [0.2, 0.25) is 0 Å². The van der Waals surface area contributed by atoms with E-state index in [1.807, 2.05) is 0 Å². The highest BCUT2D eigenvalue weighted by atomic mass is 16.5. The summed E-state index contributed by atoms with van der Waals surface area (Å²) in [6.45, 7) is 8.39. The molecule has 6 heteroatoms. The minimum Gasteiger partial charge on any atom is -0.462 e. The molecule has 114 valence electrons. The van der Waals surface area contributed by atoms with E-state index in [1.54, 1.807) is 18.7 Å². The van der Waals surface area contributed by atoms with Crippen LogP contribution in [0.1, 0.15) is 36.8 Å². The highest BCUT2D eigenvalue weighted by Crippen LogP contribution is 2.10. The first kappa shape index (κ1) is 16.7. The summed E-state index contributed by atoms with van der Waals surface area (Å²) >= 11 is 0. The number of nitrogens with zero attached hydrogens (tertiary/aromatic N) is 2. The summed E-state index contributed by atoms with van der Waals surface area (Å²) < 4.78 is 17.5. The van der Waals surface area contributed by atoms with Crippen molar-refractivity contribution >= 4 is 5.97 Å². The van der Waals surface area contributed by atoms with Gasteiger partial charge in [0.25, 0.3) is 0 Å². The predicted molar refractivity (Wildman–Crippen MR) is 74.5 cm³/mol. The molecule has 6 nitrogen and oxygen atoms in total. The van der Waals surface area contributed by atoms with Gasteiger partial charge in [0.2, 0.25) is 0 Å². The van der Waals surface area contributed by atoms with Gasteiger partial charge in [0.15, 0.2) is 0 Å². The van der Waals surface area contributed by atoms with Crippen LogP contribution in [0.3, 0.4) is 0 Å². The van der Waals surface area contributed by atoms with Gasteiger partial charge in [-0.1, -0.05) is 13.8 Å². The molecule has 0 aromatic carbocycles. The predicted octanol–water partition coefficient (Wildman–Crippen LogP) is 1.79. The number of ether oxygens (including phenoxy) is 3. The Kier molecular flexibility index (Phi) is 7.25. The van der Waals surface area contributed by atoms with Crippen molar-refractivity contribution in [3.63, 3.8) is 0 Å². The second-order valence-electron chi connectivity index (χ2n) is 4.87. The van der Waals surface area contributed by atoms with Gasteiger partial charge in [-0.3, -0.25) is 4.68 Å². The van der Waals surface area contributed by atoms with E-state index in [9.17, 15) is 4.79 Å². The van der Waals surface area contributed by atoms with Crippen molar-refractivity contribution in [2.75, 3.05) is 26.4 Å². The molecular weight excluding hydrogens is 260 g/mol. The summed E-state index contributed by atoms with van der Waals surface area (Å²) in [4.78, 5) is 11.7. The lowest BCUT2D eigenvalue weighted by atomic mass is 10.2. The molecule has 0 unspecified atom stereocenters. The normalized spacial score (nSPS) is 11.1. The van der Waals surface area contributed by atoms with Gasteiger partial charge in [-0.05, 0) is 12.8 Å². The Morgan fingerprint density at radius 2 is 2.05 bits per heavy atom. The first-order valence-corrected chi connectivity index (χ1v) is 6.89. The molecule has 0 aliphatic carbocycles. The van der Waals surface area contributed by atoms with Gasteiger partial charge < -0.3 is 14.2 Å². The second-order valence-corrected chi connectivity index (χ2v) is 4.87. The Hall–Kier alpha value is -1.40. The number of aromatic nitrogens is 2. The monoisotopic (exact) mass is 284 g/mol. The fourth-order valence-corrected chi connectivity index (χ4v) is 1.62. The number of carbonyl (C=O) groups is 1. The molecule has 0 amide bonds. The summed E-state index contributed by atoms with van der Waals surface area (Å²) in [6, 6.07) is 0. The van der Waals surface area contributed by atoms with Crippen molar-refractivity contribution in [3.05, 3.63) is 17.5 Å². The van der Waals surface area contributed by atoms with Crippen molar-refractivity contribution in [2.45, 2.75) is 27.4 Å². The first-order chi connectivity index (χ1) is 9.56. The van der Waals surface area contributed by atoms with Crippen molar-refractivity contribution in [1.29, 1.82) is 0 Å². The van der Waals surface area contributed by atoms with Crippen molar-refractivity contribution in [2.24, 2.45) is 13.0 Å². The van der Waals surface area contributed by atoms with Crippen LogP contribution in [0.15, 0.2) is 6.20 Å². The Morgan fingerprint density at radius 3 is 2.70 bits per heavy atom. The van der Waals surface area contributed by atoms with Crippen LogP contribution in [0.5, 0.6) is 0 Å². The summed E-state index contributed by atoms with van der Waals surface area (Å²) in [5, 5.41) is 4.06. The van der Waals surface area contributed by atoms with Gasteiger partial charge in [0.05, 0.1) is 38.3 Å². The average molecular weight is 284 g/mol. The standard InChI is InChI=1S/C14H24N2O4/c1-5-20-14(17)12-8-15-16(4)13(12)10-19-7-6-18-9-11(2)3/h8,11H,5-7,9-10H2,1-4H3. The molecule has 0 aliphatic heterocycles. The summed E-state index contributed by atoms with van der Waals surface area (Å²) in [6.07, 6.45) is 1.51. The van der Waals surface area contributed by atoms with E-state index < -0.39 is 0 Å². The molecule has 0 radical (unpaired) electrons. The van der Waals surface area contributed by atoms with E-state index in [0.717, 1.165) is 6.61 Å². The van der Waals surface area contributed by atoms with Crippen LogP contribution in [0.4, 0.5) is 0 Å². The van der Waals surface area contributed by atoms with Crippen LogP contribution in [-0.2, 0) is 27.9 Å². The molecule has 1 rings (SSSR count). The Morgan fingerprint density at radius 1 is 1.35 bits per heavy atom. The molecule has 0 bridgehead atoms. The van der Waals surface area contributed by atoms with Crippen LogP contribution >= 0.6 is 0 Å². The molecule has 0 spiro atoms. The third kappa shape index (κ3) is 5.30. The van der Waals surface area contributed by atoms with E-state index in [1.165, 1.54) is 6.20 Å². The summed E-state index contributed by atoms with van der Waals surface area (Å²) in [7, 11) is 1.77. The Balaban J connectivity index is 2.39. The maximum Gasteiger partial charge on any atom is 0.341 e. The fourth-order valence-electron chi connectivity index (χ4n) is 1.62. The zero-order chi connectivity index (χ0) is 15.0. The van der Waals surface area contributed by atoms with E-state index in [2.05, 4.69) is 18.9 Å². The number of hydrogen-bond acceptors (Lipinski definition) is 5. The minimum absolute atomic E-state index is 0.315. The van der Waals surface area contributed by atoms with E-state index in [4.69, 9.17) is 14.2 Å². The van der Waals surface area contributed by atoms with Gasteiger partial charge in [0, 0.05) is 13.7 Å². The number of hydrogen-bond donors (Lipinski definition) is 0. The van der Waals surface area contributed by atoms with Gasteiger partial charge in [-0.25, -0.2) is 4.79 Å². The topological polar surface area (TPSA) is 62.6 Å². The molecule has 0 aliphatic rings. The van der Waals surface area contributed by atoms with Crippen molar-refractivity contribution in [1.82, 2.24) is 9.78 Å². The number of esters is 1. The SMILES string of the molecule is CCOC(=O)c1cnn(C)c1COCCOCC(C)C. The summed E-state index contributed by atoms with van der Waals surface area (Å²) in [5.74, 6) is 0.151. The Bertz CT molecular complexity index is 415. The molecule has 0 N–H and O–H groups in total. The second kappa shape index (κ2) is 8.71. The van der Waals surface area contributed by atoms with Crippen LogP contribution < -0.4 is 0 Å². The van der Waals surface area contributed by atoms with Crippen molar-refractivity contribution in [3.8, 4) is 0 Å². The van der Waals surface area contributed by atoms with Crippen LogP contribution in [0, 0.1) is 5.92 Å². The van der Waals surface area contributed by atoms with Crippen molar-refractivity contribution < 1.29 is 19.0 Å². The quantitative estimate of drug-likeness (QED) is 0.511. The zero-order valence-electron chi connectivity index (χ0n) is 12.7. The molecule has 0 atom stereocenters. The van der Waals surface area contributed by atoms with Gasteiger partial charge in [-0.15, -0.1) is 0 Å². The number of carbonyl (C=O) groups excluding carboxylic acids is 1. The molecule has 1 aromatic heterocycles. The molecule has 0 fully saturated rings. The van der Waals surface area contributed by atoms with Crippen LogP contribution in [-0.4, -0.2) is 42.2 Å². The highest BCUT2D eigenvalue weighted by Gasteiger charge is 2.16. The lowest BCUT2D eigenvalue weighted by Gasteiger charge is -2.09. The third-order valence-electron chi connectivity index (χ3n) is 2.62. The molecular formula is C14H24N2O4. The molecule has 0 saturated carbocycles. The average Bonchev–Trinajstić information content (AvgIpc) is 2.75. The first-order valence-electron chi connectivity index (χ1n) is 6.89. The molecule has 20 heavy (non-hydrogen) atoms. The summed E-state index contributed by atoms with van der Waals surface area (Å²) in [5.41, 5.74) is 1.17. The zero-order valence-corrected chi connectivity index (χ0v) is 12.7. The minimum atomic E-state index is -0.366. The molecule has 0 saturated heterocycles.